The number of hydrogen-bond acceptors (Lipinski definition) is 7. The largest absolute Gasteiger partial charge is 0.507 e. The molecular weight excluding hydrogens is 752 g/mol. The van der Waals surface area contributed by atoms with Gasteiger partial charge in [-0.3, -0.25) is 34.2 Å². The Morgan fingerprint density at radius 2 is 1.40 bits per heavy atom. The van der Waals surface area contributed by atoms with Gasteiger partial charge in [0.15, 0.2) is 33.0 Å². The minimum Gasteiger partial charge on any atom is -0.507 e. The number of rotatable bonds is 4. The average Bonchev–Trinajstić information content (AvgIpc) is 3.48. The number of benzene rings is 4. The van der Waals surface area contributed by atoms with Crippen molar-refractivity contribution in [3.63, 3.8) is 0 Å². The molecule has 0 spiro atoms. The number of carbonyl (C=O) groups excluding carboxylic acids is 4. The molecule has 6 unspecified atom stereocenters. The van der Waals surface area contributed by atoms with Crippen LogP contribution in [0.5, 0.6) is 5.75 Å². The summed E-state index contributed by atoms with van der Waals surface area (Å²) >= 11 is 14.3. The number of amides is 4. The summed E-state index contributed by atoms with van der Waals surface area (Å²) in [5.74, 6) is -23.1. The number of carbonyl (C=O) groups is 4. The van der Waals surface area contributed by atoms with Crippen LogP contribution in [-0.2, 0) is 19.2 Å². The van der Waals surface area contributed by atoms with Gasteiger partial charge in [0, 0.05) is 29.0 Å². The third kappa shape index (κ3) is 4.37. The first-order chi connectivity index (χ1) is 25.1. The third-order valence-corrected chi connectivity index (χ3v) is 12.2. The topological polar surface area (TPSA) is 138 Å². The Morgan fingerprint density at radius 1 is 0.774 bits per heavy atom. The molecule has 4 aliphatic rings. The van der Waals surface area contributed by atoms with E-state index >= 15 is 8.78 Å². The number of phenols is 1. The fourth-order valence-corrected chi connectivity index (χ4v) is 9.32. The van der Waals surface area contributed by atoms with Gasteiger partial charge in [0.05, 0.1) is 22.4 Å². The average molecular weight is 772 g/mol. The summed E-state index contributed by atoms with van der Waals surface area (Å²) in [5.41, 5.74) is -2.21. The Hall–Kier alpha value is -5.41. The number of imide groups is 2. The Bertz CT molecular complexity index is 2400. The van der Waals surface area contributed by atoms with Gasteiger partial charge in [0.25, 0.3) is 17.5 Å². The van der Waals surface area contributed by atoms with Crippen molar-refractivity contribution in [1.82, 2.24) is 0 Å². The molecule has 1 saturated carbocycles. The van der Waals surface area contributed by atoms with Gasteiger partial charge in [-0.1, -0.05) is 48.0 Å². The lowest BCUT2D eigenvalue weighted by molar-refractivity contribution is -0.384. The highest BCUT2D eigenvalue weighted by Gasteiger charge is 2.77. The van der Waals surface area contributed by atoms with Crippen molar-refractivity contribution in [3.8, 4) is 5.75 Å². The van der Waals surface area contributed by atoms with Crippen molar-refractivity contribution in [2.75, 3.05) is 9.80 Å². The molecule has 2 aliphatic carbocycles. The highest BCUT2D eigenvalue weighted by atomic mass is 35.5. The van der Waals surface area contributed by atoms with Crippen LogP contribution in [-0.4, -0.2) is 43.4 Å². The van der Waals surface area contributed by atoms with Crippen LogP contribution in [0.25, 0.3) is 10.8 Å². The number of fused-ring (bicyclic) bond motifs is 5. The predicted molar refractivity (Wildman–Crippen MR) is 178 cm³/mol. The first-order valence-electron chi connectivity index (χ1n) is 15.9. The lowest BCUT2D eigenvalue weighted by Crippen LogP contribution is -2.60. The molecule has 4 aromatic carbocycles. The van der Waals surface area contributed by atoms with Gasteiger partial charge in [-0.25, -0.2) is 26.9 Å². The number of alkyl halides is 2. The van der Waals surface area contributed by atoms with Gasteiger partial charge in [-0.05, 0) is 36.3 Å². The van der Waals surface area contributed by atoms with E-state index in [0.717, 1.165) is 17.0 Å². The van der Waals surface area contributed by atoms with Crippen molar-refractivity contribution in [2.24, 2.45) is 17.8 Å². The predicted octanol–water partition coefficient (Wildman–Crippen LogP) is 6.92. The van der Waals surface area contributed by atoms with Gasteiger partial charge in [0.1, 0.15) is 11.4 Å². The molecule has 270 valence electrons. The number of hydrogen-bond donors (Lipinski definition) is 1. The highest BCUT2D eigenvalue weighted by Crippen LogP contribution is 2.67. The van der Waals surface area contributed by atoms with Crippen LogP contribution in [0.15, 0.2) is 72.3 Å². The summed E-state index contributed by atoms with van der Waals surface area (Å²) in [7, 11) is 0. The summed E-state index contributed by atoms with van der Waals surface area (Å²) < 4.78 is 73.7. The molecule has 10 nitrogen and oxygen atoms in total. The second-order valence-corrected chi connectivity index (χ2v) is 14.4. The summed E-state index contributed by atoms with van der Waals surface area (Å²) in [6.45, 7) is 0. The van der Waals surface area contributed by atoms with Crippen LogP contribution in [0.2, 0.25) is 0 Å². The van der Waals surface area contributed by atoms with E-state index in [-0.39, 0.29) is 39.2 Å². The summed E-state index contributed by atoms with van der Waals surface area (Å²) in [4.78, 5) is 62.4. The Balaban J connectivity index is 1.33. The maximum atomic E-state index is 15.3. The zero-order valence-electron chi connectivity index (χ0n) is 26.5. The number of phenolic OH excluding ortho intramolecular Hbond substituents is 1. The number of nitro groups is 1. The molecule has 4 amide bonds. The van der Waals surface area contributed by atoms with Gasteiger partial charge in [-0.2, -0.15) is 0 Å². The van der Waals surface area contributed by atoms with E-state index in [2.05, 4.69) is 0 Å². The zero-order chi connectivity index (χ0) is 38.0. The molecule has 0 aromatic heterocycles. The van der Waals surface area contributed by atoms with Crippen molar-refractivity contribution in [3.05, 3.63) is 117 Å². The van der Waals surface area contributed by atoms with Gasteiger partial charge < -0.3 is 5.11 Å². The van der Waals surface area contributed by atoms with E-state index in [0.29, 0.717) is 5.39 Å². The SMILES string of the molecule is O=C1C2CC=C3C(CC4(Cl)C(=O)N(c5c(F)c(F)c(F)c(F)c5F)C(=O)C4(Cl)C3c3ccc4ccccc4c3O)C2C(=O)N1c1ccc([N+](=O)[O-])cc1. The molecule has 0 bridgehead atoms. The standard InChI is InChI=1S/C36H20Cl2F5N3O7/c37-35-13-21-18(11-12-19-22(21)32(49)44(31(19)48)15-6-8-16(9-7-15)46(52)53)23(20-10-5-14-3-1-2-4-17(14)30(20)47)36(35,38)34(51)45(33(35)50)29-27(42)25(40)24(39)26(41)28(29)43/h1-11,19,21-23,47H,12-13H2. The second kappa shape index (κ2) is 11.5. The van der Waals surface area contributed by atoms with Gasteiger partial charge in [-0.15, -0.1) is 23.2 Å². The maximum absolute atomic E-state index is 15.3. The van der Waals surface area contributed by atoms with E-state index in [9.17, 15) is 47.6 Å². The van der Waals surface area contributed by atoms with Crippen LogP contribution in [0, 0.1) is 57.0 Å². The number of nitrogens with zero attached hydrogens (tertiary/aromatic N) is 3. The molecule has 53 heavy (non-hydrogen) atoms. The molecule has 17 heteroatoms. The van der Waals surface area contributed by atoms with E-state index in [1.807, 2.05) is 0 Å². The summed E-state index contributed by atoms with van der Waals surface area (Å²) in [6, 6.07) is 13.9. The molecule has 0 radical (unpaired) electrons. The first-order valence-corrected chi connectivity index (χ1v) is 16.6. The van der Waals surface area contributed by atoms with Crippen LogP contribution >= 0.6 is 23.2 Å². The molecule has 4 aromatic rings. The van der Waals surface area contributed by atoms with Crippen molar-refractivity contribution in [1.29, 1.82) is 0 Å². The number of allylic oxidation sites excluding steroid dienone is 2. The van der Waals surface area contributed by atoms with Gasteiger partial charge >= 0.3 is 0 Å². The van der Waals surface area contributed by atoms with E-state index in [1.165, 1.54) is 30.3 Å². The molecule has 8 rings (SSSR count). The minimum absolute atomic E-state index is 0.00188. The van der Waals surface area contributed by atoms with E-state index in [1.54, 1.807) is 24.3 Å². The number of nitro benzene ring substituents is 1. The lowest BCUT2D eigenvalue weighted by atomic mass is 9.56. The quantitative estimate of drug-likeness (QED) is 0.0348. The van der Waals surface area contributed by atoms with Crippen LogP contribution < -0.4 is 9.80 Å². The molecular formula is C36H20Cl2F5N3O7. The molecule has 2 saturated heterocycles. The minimum atomic E-state index is -2.81. The number of aromatic hydroxyl groups is 1. The molecule has 1 N–H and O–H groups in total. The number of anilines is 2. The third-order valence-electron chi connectivity index (χ3n) is 10.8. The van der Waals surface area contributed by atoms with Crippen LogP contribution in [0.3, 0.4) is 0 Å². The van der Waals surface area contributed by atoms with Crippen LogP contribution in [0.1, 0.15) is 24.3 Å². The number of halogens is 7. The highest BCUT2D eigenvalue weighted by molar-refractivity contribution is 6.58. The maximum Gasteiger partial charge on any atom is 0.269 e. The fourth-order valence-electron chi connectivity index (χ4n) is 8.40. The Labute approximate surface area is 304 Å². The van der Waals surface area contributed by atoms with Crippen molar-refractivity contribution in [2.45, 2.75) is 28.5 Å². The monoisotopic (exact) mass is 771 g/mol. The fraction of sp³-hybridized carbons (Fsp3) is 0.222. The second-order valence-electron chi connectivity index (χ2n) is 13.2. The smallest absolute Gasteiger partial charge is 0.269 e. The van der Waals surface area contributed by atoms with Crippen molar-refractivity contribution >= 4 is 74.7 Å². The molecule has 3 fully saturated rings. The number of non-ortho nitro benzene ring substituents is 1. The summed E-state index contributed by atoms with van der Waals surface area (Å²) in [5, 5.41) is 23.7. The molecule has 6 atom stereocenters. The summed E-state index contributed by atoms with van der Waals surface area (Å²) in [6.07, 6.45) is 0.621. The Morgan fingerprint density at radius 3 is 2.04 bits per heavy atom. The molecule has 2 heterocycles. The molecule has 2 aliphatic heterocycles. The lowest BCUT2D eigenvalue weighted by Gasteiger charge is -2.50. The van der Waals surface area contributed by atoms with Crippen molar-refractivity contribution < 1.29 is 51.2 Å². The zero-order valence-corrected chi connectivity index (χ0v) is 28.0. The normalized spacial score (nSPS) is 27.9. The van der Waals surface area contributed by atoms with E-state index < -0.39 is 109 Å². The first kappa shape index (κ1) is 34.7. The van der Waals surface area contributed by atoms with E-state index in [4.69, 9.17) is 23.2 Å². The Kier molecular flexibility index (Phi) is 7.55. The van der Waals surface area contributed by atoms with Crippen LogP contribution in [0.4, 0.5) is 39.0 Å². The van der Waals surface area contributed by atoms with Gasteiger partial charge in [0.2, 0.25) is 17.6 Å².